The van der Waals surface area contributed by atoms with Crippen LogP contribution in [-0.2, 0) is 17.0 Å². The summed E-state index contributed by atoms with van der Waals surface area (Å²) < 4.78 is 5.49. The number of pyridine rings is 2. The van der Waals surface area contributed by atoms with Gasteiger partial charge in [-0.15, -0.1) is 0 Å². The second-order valence-electron chi connectivity index (χ2n) is 10.3. The number of nitrogens with zero attached hydrogens (tertiary/aromatic N) is 5. The summed E-state index contributed by atoms with van der Waals surface area (Å²) in [5, 5.41) is 3.69. The van der Waals surface area contributed by atoms with Crippen LogP contribution in [0.25, 0.3) is 0 Å². The Bertz CT molecular complexity index is 1170. The highest BCUT2D eigenvalue weighted by atomic mass is 16.3. The number of nitrogens with one attached hydrogen (secondary N) is 1. The normalized spacial score (nSPS) is 23.5. The van der Waals surface area contributed by atoms with E-state index < -0.39 is 5.66 Å². The fraction of sp³-hybridized carbons (Fsp3) is 0.464. The number of likely N-dealkylation sites (tertiary alicyclic amines) is 2. The summed E-state index contributed by atoms with van der Waals surface area (Å²) in [6.45, 7) is 6.47. The van der Waals surface area contributed by atoms with Gasteiger partial charge in [-0.3, -0.25) is 14.7 Å². The second-order valence-corrected chi connectivity index (χ2v) is 10.3. The van der Waals surface area contributed by atoms with E-state index in [4.69, 9.17) is 9.40 Å². The van der Waals surface area contributed by atoms with E-state index in [9.17, 15) is 4.79 Å². The Kier molecular flexibility index (Phi) is 6.13. The van der Waals surface area contributed by atoms with E-state index in [0.717, 1.165) is 81.4 Å². The fourth-order valence-corrected chi connectivity index (χ4v) is 6.16. The van der Waals surface area contributed by atoms with Crippen LogP contribution in [0, 0.1) is 5.92 Å². The van der Waals surface area contributed by atoms with Crippen LogP contribution in [0.4, 0.5) is 11.5 Å². The van der Waals surface area contributed by atoms with Crippen molar-refractivity contribution in [2.24, 2.45) is 5.92 Å². The van der Waals surface area contributed by atoms with E-state index in [1.807, 2.05) is 42.7 Å². The van der Waals surface area contributed by atoms with Gasteiger partial charge in [-0.1, -0.05) is 6.07 Å². The maximum Gasteiger partial charge on any atom is 0.225 e. The molecule has 1 N–H and O–H groups in total. The molecule has 0 spiro atoms. The van der Waals surface area contributed by atoms with Crippen molar-refractivity contribution in [3.8, 4) is 0 Å². The van der Waals surface area contributed by atoms with Crippen LogP contribution in [0.15, 0.2) is 65.5 Å². The molecule has 1 atom stereocenters. The van der Waals surface area contributed by atoms with Gasteiger partial charge in [0.05, 0.1) is 24.2 Å². The molecule has 6 heterocycles. The molecule has 2 saturated heterocycles. The second kappa shape index (κ2) is 9.58. The van der Waals surface area contributed by atoms with Crippen LogP contribution in [-0.4, -0.2) is 57.9 Å². The highest BCUT2D eigenvalue weighted by Crippen LogP contribution is 2.45. The zero-order valence-corrected chi connectivity index (χ0v) is 20.8. The number of aromatic nitrogens is 2. The van der Waals surface area contributed by atoms with E-state index in [1.165, 1.54) is 0 Å². The number of furan rings is 1. The van der Waals surface area contributed by atoms with Crippen molar-refractivity contribution in [1.29, 1.82) is 0 Å². The molecule has 3 aromatic heterocycles. The predicted octanol–water partition coefficient (Wildman–Crippen LogP) is 4.08. The van der Waals surface area contributed by atoms with E-state index in [0.29, 0.717) is 5.91 Å². The molecule has 36 heavy (non-hydrogen) atoms. The maximum atomic E-state index is 13.4. The molecule has 3 aliphatic rings. The lowest BCUT2D eigenvalue weighted by Gasteiger charge is -2.45. The molecule has 3 aromatic rings. The first-order valence-corrected chi connectivity index (χ1v) is 13.1. The molecular formula is C28H34N6O2. The lowest BCUT2D eigenvalue weighted by molar-refractivity contribution is -0.138. The first-order valence-electron chi connectivity index (χ1n) is 13.1. The van der Waals surface area contributed by atoms with E-state index in [-0.39, 0.29) is 12.0 Å². The lowest BCUT2D eigenvalue weighted by Crippen LogP contribution is -2.56. The van der Waals surface area contributed by atoms with Crippen LogP contribution in [0.5, 0.6) is 0 Å². The van der Waals surface area contributed by atoms with E-state index >= 15 is 0 Å². The summed E-state index contributed by atoms with van der Waals surface area (Å²) in [5.74, 6) is 2.42. The quantitative estimate of drug-likeness (QED) is 0.582. The van der Waals surface area contributed by atoms with Gasteiger partial charge in [0.15, 0.2) is 11.5 Å². The van der Waals surface area contributed by atoms with Gasteiger partial charge in [0.1, 0.15) is 5.76 Å². The van der Waals surface area contributed by atoms with Crippen molar-refractivity contribution in [2.75, 3.05) is 36.4 Å². The third kappa shape index (κ3) is 4.23. The third-order valence-corrected chi connectivity index (χ3v) is 8.08. The summed E-state index contributed by atoms with van der Waals surface area (Å²) in [4.78, 5) is 29.7. The third-order valence-electron chi connectivity index (χ3n) is 8.08. The molecule has 8 heteroatoms. The first kappa shape index (κ1) is 23.0. The standard InChI is InChI=1S/C28H34N6O2/c1-28(25-8-2-3-13-29-25)31-24-7-4-14-30-26(24)34(28)22-11-17-33(18-12-22)27(35)21-9-15-32(16-10-21)20-23-6-5-19-36-23/h2-8,13-14,19,21-22,31H,9-12,15-18,20H2,1H3. The largest absolute Gasteiger partial charge is 0.468 e. The molecule has 3 aliphatic heterocycles. The number of fused-ring (bicyclic) bond motifs is 1. The highest BCUT2D eigenvalue weighted by molar-refractivity contribution is 5.79. The Hall–Kier alpha value is -3.39. The van der Waals surface area contributed by atoms with Crippen molar-refractivity contribution >= 4 is 17.4 Å². The van der Waals surface area contributed by atoms with Gasteiger partial charge in [0, 0.05) is 37.4 Å². The highest BCUT2D eigenvalue weighted by Gasteiger charge is 2.47. The number of amides is 1. The minimum absolute atomic E-state index is 0.129. The molecule has 0 aliphatic carbocycles. The van der Waals surface area contributed by atoms with Crippen molar-refractivity contribution in [2.45, 2.75) is 50.9 Å². The zero-order chi connectivity index (χ0) is 24.5. The first-order chi connectivity index (χ1) is 17.6. The predicted molar refractivity (Wildman–Crippen MR) is 138 cm³/mol. The minimum atomic E-state index is -0.477. The van der Waals surface area contributed by atoms with Gasteiger partial charge in [0.2, 0.25) is 5.91 Å². The average molecular weight is 487 g/mol. The van der Waals surface area contributed by atoms with Crippen molar-refractivity contribution in [3.05, 3.63) is 72.6 Å². The fourth-order valence-electron chi connectivity index (χ4n) is 6.16. The maximum absolute atomic E-state index is 13.4. The summed E-state index contributed by atoms with van der Waals surface area (Å²) >= 11 is 0. The summed E-state index contributed by atoms with van der Waals surface area (Å²) in [5.41, 5.74) is 1.53. The van der Waals surface area contributed by atoms with Crippen molar-refractivity contribution in [1.82, 2.24) is 19.8 Å². The van der Waals surface area contributed by atoms with Gasteiger partial charge in [-0.25, -0.2) is 4.98 Å². The van der Waals surface area contributed by atoms with Crippen LogP contribution in [0.2, 0.25) is 0 Å². The topological polar surface area (TPSA) is 77.7 Å². The molecule has 2 fully saturated rings. The monoisotopic (exact) mass is 486 g/mol. The smallest absolute Gasteiger partial charge is 0.225 e. The number of hydrogen-bond donors (Lipinski definition) is 1. The van der Waals surface area contributed by atoms with Crippen LogP contribution >= 0.6 is 0 Å². The summed E-state index contributed by atoms with van der Waals surface area (Å²) in [7, 11) is 0. The molecule has 0 radical (unpaired) electrons. The van der Waals surface area contributed by atoms with Crippen molar-refractivity contribution in [3.63, 3.8) is 0 Å². The number of carbonyl (C=O) groups excluding carboxylic acids is 1. The number of carbonyl (C=O) groups is 1. The molecule has 0 aromatic carbocycles. The van der Waals surface area contributed by atoms with Gasteiger partial charge in [-0.05, 0) is 82.1 Å². The SMILES string of the molecule is CC1(c2ccccn2)Nc2cccnc2N1C1CCN(C(=O)C2CCN(Cc3ccco3)CC2)CC1. The Balaban J connectivity index is 1.10. The summed E-state index contributed by atoms with van der Waals surface area (Å²) in [6, 6.07) is 14.3. The Labute approximate surface area is 212 Å². The van der Waals surface area contributed by atoms with Gasteiger partial charge in [-0.2, -0.15) is 0 Å². The molecule has 8 nitrogen and oxygen atoms in total. The molecular weight excluding hydrogens is 452 g/mol. The minimum Gasteiger partial charge on any atom is -0.468 e. The number of rotatable bonds is 5. The molecule has 1 unspecified atom stereocenters. The van der Waals surface area contributed by atoms with E-state index in [2.05, 4.69) is 44.1 Å². The Morgan fingerprint density at radius 1 is 1.00 bits per heavy atom. The number of hydrogen-bond acceptors (Lipinski definition) is 7. The zero-order valence-electron chi connectivity index (χ0n) is 20.8. The van der Waals surface area contributed by atoms with Gasteiger partial charge in [0.25, 0.3) is 0 Å². The number of piperidine rings is 2. The summed E-state index contributed by atoms with van der Waals surface area (Å²) in [6.07, 6.45) is 9.11. The van der Waals surface area contributed by atoms with Crippen molar-refractivity contribution < 1.29 is 9.21 Å². The van der Waals surface area contributed by atoms with Gasteiger partial charge >= 0.3 is 0 Å². The van der Waals surface area contributed by atoms with Crippen LogP contribution in [0.1, 0.15) is 44.1 Å². The molecule has 188 valence electrons. The molecule has 6 rings (SSSR count). The Morgan fingerprint density at radius 3 is 2.53 bits per heavy atom. The molecule has 1 amide bonds. The lowest BCUT2D eigenvalue weighted by atomic mass is 9.93. The number of anilines is 2. The molecule has 0 saturated carbocycles. The van der Waals surface area contributed by atoms with E-state index in [1.54, 1.807) is 6.26 Å². The van der Waals surface area contributed by atoms with Crippen LogP contribution < -0.4 is 10.2 Å². The van der Waals surface area contributed by atoms with Gasteiger partial charge < -0.3 is 19.5 Å². The Morgan fingerprint density at radius 2 is 1.81 bits per heavy atom. The molecule has 0 bridgehead atoms. The average Bonchev–Trinajstić information content (AvgIpc) is 3.55. The van der Waals surface area contributed by atoms with Crippen LogP contribution in [0.3, 0.4) is 0 Å².